The zero-order valence-electron chi connectivity index (χ0n) is 52.2. The normalized spacial score (nSPS) is 19.6. The first-order valence-corrected chi connectivity index (χ1v) is 34.6. The number of benzene rings is 6. The Balaban J connectivity index is 0.000000845. The van der Waals surface area contributed by atoms with E-state index in [-0.39, 0.29) is 48.3 Å². The van der Waals surface area contributed by atoms with Crippen molar-refractivity contribution in [3.63, 3.8) is 0 Å². The van der Waals surface area contributed by atoms with Gasteiger partial charge in [0, 0.05) is 108 Å². The number of likely N-dealkylation sites (N-methyl/N-ethyl adjacent to an activating group) is 2. The Morgan fingerprint density at radius 2 is 0.879 bits per heavy atom. The lowest BCUT2D eigenvalue weighted by Gasteiger charge is -2.36. The summed E-state index contributed by atoms with van der Waals surface area (Å²) >= 11 is 7.08. The lowest BCUT2D eigenvalue weighted by molar-refractivity contribution is -2.00. The largest absolute Gasteiger partial charge is 0.347 e. The van der Waals surface area contributed by atoms with Crippen LogP contribution in [0.5, 0.6) is 0 Å². The highest BCUT2D eigenvalue weighted by atomic mass is 79.9. The third-order valence-electron chi connectivity index (χ3n) is 19.9. The Bertz CT molecular complexity index is 3820. The molecular formula is C69H74Br2Cl2N6O12. The van der Waals surface area contributed by atoms with Gasteiger partial charge in [-0.3, -0.25) is 20.2 Å². The van der Waals surface area contributed by atoms with Crippen molar-refractivity contribution in [2.45, 2.75) is 140 Å². The van der Waals surface area contributed by atoms with Crippen molar-refractivity contribution in [1.29, 1.82) is 0 Å². The molecule has 6 aromatic rings. The highest BCUT2D eigenvalue weighted by molar-refractivity contribution is 9.11. The molecule has 22 heteroatoms. The second-order valence-corrected chi connectivity index (χ2v) is 29.7. The predicted molar refractivity (Wildman–Crippen MR) is 339 cm³/mol. The van der Waals surface area contributed by atoms with Gasteiger partial charge in [0.25, 0.3) is 11.4 Å². The third-order valence-corrected chi connectivity index (χ3v) is 21.2. The molecule has 480 valence electrons. The number of fused-ring (bicyclic) bond motifs is 10. The second kappa shape index (κ2) is 25.6. The monoisotopic (exact) mass is 1410 g/mol. The summed E-state index contributed by atoms with van der Waals surface area (Å²) in [5.41, 5.74) is 13.5. The van der Waals surface area contributed by atoms with E-state index in [1.165, 1.54) is 79.7 Å². The summed E-state index contributed by atoms with van der Waals surface area (Å²) in [5.74, 6) is 0. The van der Waals surface area contributed by atoms with Crippen LogP contribution in [0.15, 0.2) is 154 Å². The van der Waals surface area contributed by atoms with E-state index in [4.69, 9.17) is 37.3 Å². The van der Waals surface area contributed by atoms with E-state index in [0.717, 1.165) is 99.8 Å². The van der Waals surface area contributed by atoms with Crippen LogP contribution in [0.25, 0.3) is 21.5 Å². The van der Waals surface area contributed by atoms with Crippen LogP contribution in [-0.2, 0) is 21.7 Å². The van der Waals surface area contributed by atoms with Crippen molar-refractivity contribution in [2.24, 2.45) is 5.41 Å². The number of nitrogens with zero attached hydrogens (tertiary/aromatic N) is 6. The number of anilines is 2. The first-order valence-electron chi connectivity index (χ1n) is 30.5. The van der Waals surface area contributed by atoms with Gasteiger partial charge < -0.3 is 9.80 Å². The fraction of sp³-hybridized carbons (Fsp3) is 0.391. The highest BCUT2D eigenvalue weighted by Crippen LogP contribution is 2.59. The minimum Gasteiger partial charge on any atom is -0.347 e. The van der Waals surface area contributed by atoms with Crippen molar-refractivity contribution >= 4 is 99.0 Å². The van der Waals surface area contributed by atoms with Crippen LogP contribution < -0.4 is 47.1 Å². The standard InChI is InChI=1S/C69H74Br2N6O4.2ClHO4/c1-65(2,37-39-74-53-31-29-45-21-11-13-23-47(45)63(53)66(3,4)59(74)25-19-27-61-68(33-15-9-16-34-68)49-41-57(76(78)79)51(70)43-55(49)72(61)7)38-40-75-54-32-30-46-22-12-14-24-48(46)64(54)67(5,6)60(75)26-20-28-62-69(35-17-10-18-36-69)50-42-58(77(80)81)52(71)44-56(50)73(62)8;2*2-1(3,4)5/h11-14,19-32,41-44H,9-10,15-18,33-40H2,1-8H3;2*(H,2,3,4,5)/q+2;;/p-2. The molecule has 91 heavy (non-hydrogen) atoms. The van der Waals surface area contributed by atoms with Crippen molar-refractivity contribution in [2.75, 3.05) is 37.0 Å². The summed E-state index contributed by atoms with van der Waals surface area (Å²) in [6.45, 7) is 16.1. The molecule has 4 aliphatic heterocycles. The summed E-state index contributed by atoms with van der Waals surface area (Å²) in [4.78, 5) is 28.5. The quantitative estimate of drug-likeness (QED) is 0.0630. The van der Waals surface area contributed by atoms with E-state index >= 15 is 0 Å². The van der Waals surface area contributed by atoms with Crippen LogP contribution in [0.4, 0.5) is 34.1 Å². The molecule has 2 spiro atoms. The van der Waals surface area contributed by atoms with Gasteiger partial charge in [-0.15, -0.1) is 20.5 Å². The maximum Gasteiger partial charge on any atom is 0.283 e. The molecule has 0 amide bonds. The Labute approximate surface area is 551 Å². The molecule has 0 N–H and O–H groups in total. The van der Waals surface area contributed by atoms with Gasteiger partial charge in [0.1, 0.15) is 13.1 Å². The summed E-state index contributed by atoms with van der Waals surface area (Å²) in [6.07, 6.45) is 26.4. The molecule has 6 aliphatic rings. The van der Waals surface area contributed by atoms with Gasteiger partial charge in [-0.2, -0.15) is 9.15 Å². The van der Waals surface area contributed by atoms with E-state index in [1.54, 1.807) is 0 Å². The topological polar surface area (TPSA) is 283 Å². The van der Waals surface area contributed by atoms with E-state index < -0.39 is 20.5 Å². The van der Waals surface area contributed by atoms with Gasteiger partial charge in [0.05, 0.1) is 29.6 Å². The number of allylic oxidation sites excluding steroid dienone is 8. The number of hydrogen-bond donors (Lipinski definition) is 0. The van der Waals surface area contributed by atoms with E-state index in [2.05, 4.69) is 216 Å². The maximum atomic E-state index is 12.3. The first kappa shape index (κ1) is 67.6. The highest BCUT2D eigenvalue weighted by Gasteiger charge is 2.51. The molecule has 0 saturated heterocycles. The van der Waals surface area contributed by atoms with Crippen molar-refractivity contribution in [1.82, 2.24) is 0 Å². The average molecular weight is 1410 g/mol. The average Bonchev–Trinajstić information content (AvgIpc) is 1.61. The molecule has 0 bridgehead atoms. The Hall–Kier alpha value is -6.24. The predicted octanol–water partition coefficient (Wildman–Crippen LogP) is 8.67. The third kappa shape index (κ3) is 13.2. The number of nitro groups is 2. The van der Waals surface area contributed by atoms with Crippen molar-refractivity contribution in [3.8, 4) is 0 Å². The fourth-order valence-electron chi connectivity index (χ4n) is 15.8. The lowest BCUT2D eigenvalue weighted by Crippen LogP contribution is -2.68. The summed E-state index contributed by atoms with van der Waals surface area (Å²) in [6, 6.07) is 34.4. The minimum absolute atomic E-state index is 0.0493. The van der Waals surface area contributed by atoms with Crippen LogP contribution in [0, 0.1) is 46.1 Å². The van der Waals surface area contributed by atoms with Gasteiger partial charge in [-0.05, 0) is 160 Å². The van der Waals surface area contributed by atoms with Crippen LogP contribution >= 0.6 is 31.9 Å². The van der Waals surface area contributed by atoms with Crippen molar-refractivity contribution in [3.05, 3.63) is 196 Å². The molecule has 4 heterocycles. The summed E-state index contributed by atoms with van der Waals surface area (Å²) in [7, 11) is -5.64. The van der Waals surface area contributed by atoms with Gasteiger partial charge in [-0.1, -0.05) is 113 Å². The number of hydrogen-bond acceptors (Lipinski definition) is 14. The van der Waals surface area contributed by atoms with E-state index in [1.807, 2.05) is 24.3 Å². The molecule has 0 unspecified atom stereocenters. The molecule has 0 atom stereocenters. The SMILES string of the molecule is CN1/C(=C/C=C/C2=[N+](CCC(C)(C)CC[N+]3=C(/C=C/C=C4/N(C)c5cc(Br)c([N+](=O)[O-])cc5C45CCCCC5)C(C)(C)c4c3ccc3ccccc43)c3ccc4ccccc4c3C2(C)C)C2(CCCCC2)c2cc([N+](=O)[O-])c(Br)cc21.[O-][Cl+3]([O-])([O-])[O-].[O-][Cl+3]([O-])([O-])[O-]. The van der Waals surface area contributed by atoms with Gasteiger partial charge in [0.2, 0.25) is 11.4 Å². The summed E-state index contributed by atoms with van der Waals surface area (Å²) in [5, 5.41) is 29.6. The number of nitro benzene ring substituents is 2. The molecule has 2 aliphatic carbocycles. The van der Waals surface area contributed by atoms with Crippen LogP contribution in [-0.4, -0.2) is 57.6 Å². The van der Waals surface area contributed by atoms with Gasteiger partial charge in [-0.25, -0.2) is 37.3 Å². The molecule has 12 rings (SSSR count). The Kier molecular flexibility index (Phi) is 19.0. The lowest BCUT2D eigenvalue weighted by atomic mass is 9.68. The first-order chi connectivity index (χ1) is 42.7. The van der Waals surface area contributed by atoms with Gasteiger partial charge >= 0.3 is 0 Å². The second-order valence-electron chi connectivity index (χ2n) is 26.5. The molecule has 6 aromatic carbocycles. The zero-order chi connectivity index (χ0) is 66.0. The number of halogens is 4. The molecule has 2 saturated carbocycles. The van der Waals surface area contributed by atoms with Gasteiger partial charge in [0.15, 0.2) is 11.4 Å². The van der Waals surface area contributed by atoms with Crippen molar-refractivity contribution < 1.29 is 76.8 Å². The molecule has 0 radical (unpaired) electrons. The Morgan fingerprint density at radius 1 is 0.538 bits per heavy atom. The van der Waals surface area contributed by atoms with E-state index in [0.29, 0.717) is 8.95 Å². The smallest absolute Gasteiger partial charge is 0.283 e. The summed E-state index contributed by atoms with van der Waals surface area (Å²) < 4.78 is 74.2. The molecule has 2 fully saturated rings. The fourth-order valence-corrected chi connectivity index (χ4v) is 16.7. The Morgan fingerprint density at radius 3 is 1.22 bits per heavy atom. The molecule has 0 aromatic heterocycles. The minimum atomic E-state index is -4.94. The zero-order valence-corrected chi connectivity index (χ0v) is 56.9. The molecular weight excluding hydrogens is 1340 g/mol. The maximum absolute atomic E-state index is 12.3. The molecule has 18 nitrogen and oxygen atoms in total. The number of rotatable bonds is 12. The van der Waals surface area contributed by atoms with E-state index in [9.17, 15) is 20.2 Å². The van der Waals surface area contributed by atoms with Crippen LogP contribution in [0.3, 0.4) is 0 Å². The van der Waals surface area contributed by atoms with Crippen LogP contribution in [0.2, 0.25) is 0 Å². The van der Waals surface area contributed by atoms with Crippen LogP contribution in [0.1, 0.15) is 141 Å².